The average Bonchev–Trinajstić information content (AvgIpc) is 3.43. The van der Waals surface area contributed by atoms with Crippen molar-refractivity contribution in [2.75, 3.05) is 10.6 Å². The van der Waals surface area contributed by atoms with Gasteiger partial charge in [-0.1, -0.05) is 0 Å². The highest BCUT2D eigenvalue weighted by Crippen LogP contribution is 2.30. The summed E-state index contributed by atoms with van der Waals surface area (Å²) in [5, 5.41) is 5.58. The lowest BCUT2D eigenvalue weighted by Gasteiger charge is -2.15. The van der Waals surface area contributed by atoms with Crippen molar-refractivity contribution in [3.8, 4) is 5.75 Å². The molecule has 5 nitrogen and oxygen atoms in total. The summed E-state index contributed by atoms with van der Waals surface area (Å²) in [6.07, 6.45) is 1.16. The van der Waals surface area contributed by atoms with E-state index in [2.05, 4.69) is 10.6 Å². The molecule has 2 N–H and O–H groups in total. The fraction of sp³-hybridized carbons (Fsp3) is 0.263. The van der Waals surface area contributed by atoms with Crippen LogP contribution in [0.3, 0.4) is 0 Å². The zero-order chi connectivity index (χ0) is 17.8. The van der Waals surface area contributed by atoms with Gasteiger partial charge in [-0.15, -0.1) is 0 Å². The molecule has 1 atom stereocenters. The zero-order valence-electron chi connectivity index (χ0n) is 13.8. The molecule has 0 unspecified atom stereocenters. The Bertz CT molecular complexity index is 755. The normalized spacial score (nSPS) is 14.5. The van der Waals surface area contributed by atoms with Crippen LogP contribution in [0, 0.1) is 11.7 Å². The first-order valence-corrected chi connectivity index (χ1v) is 8.15. The molecule has 0 aliphatic heterocycles. The summed E-state index contributed by atoms with van der Waals surface area (Å²) in [4.78, 5) is 23.9. The fourth-order valence-corrected chi connectivity index (χ4v) is 2.24. The lowest BCUT2D eigenvalue weighted by Crippen LogP contribution is -2.30. The summed E-state index contributed by atoms with van der Waals surface area (Å²) in [6.45, 7) is 1.61. The van der Waals surface area contributed by atoms with Gasteiger partial charge < -0.3 is 15.4 Å². The SMILES string of the molecule is C[C@@H](Oc1ccc(F)cc1)C(=O)Nc1ccc(NC(=O)C2CC2)cc1. The third kappa shape index (κ3) is 4.79. The highest BCUT2D eigenvalue weighted by atomic mass is 19.1. The molecule has 0 saturated heterocycles. The van der Waals surface area contributed by atoms with Gasteiger partial charge in [0.15, 0.2) is 6.10 Å². The van der Waals surface area contributed by atoms with Gasteiger partial charge in [0.25, 0.3) is 5.91 Å². The molecule has 2 aromatic carbocycles. The van der Waals surface area contributed by atoms with Crippen LogP contribution in [0.25, 0.3) is 0 Å². The third-order valence-corrected chi connectivity index (χ3v) is 3.86. The number of carbonyl (C=O) groups is 2. The fourth-order valence-electron chi connectivity index (χ4n) is 2.24. The molecule has 2 aromatic rings. The molecular formula is C19H19FN2O3. The second-order valence-electron chi connectivity index (χ2n) is 6.04. The van der Waals surface area contributed by atoms with Gasteiger partial charge in [-0.2, -0.15) is 0 Å². The van der Waals surface area contributed by atoms with Crippen molar-refractivity contribution in [1.29, 1.82) is 0 Å². The summed E-state index contributed by atoms with van der Waals surface area (Å²) in [5.41, 5.74) is 1.30. The molecule has 3 rings (SSSR count). The molecule has 0 aromatic heterocycles. The van der Waals surface area contributed by atoms with Gasteiger partial charge in [-0.3, -0.25) is 9.59 Å². The minimum atomic E-state index is -0.736. The van der Waals surface area contributed by atoms with Crippen molar-refractivity contribution >= 4 is 23.2 Å². The van der Waals surface area contributed by atoms with Gasteiger partial charge in [-0.25, -0.2) is 4.39 Å². The Balaban J connectivity index is 1.52. The molecule has 1 aliphatic carbocycles. The van der Waals surface area contributed by atoms with E-state index in [9.17, 15) is 14.0 Å². The molecule has 1 fully saturated rings. The van der Waals surface area contributed by atoms with Crippen LogP contribution in [0.15, 0.2) is 48.5 Å². The van der Waals surface area contributed by atoms with Gasteiger partial charge in [0.05, 0.1) is 0 Å². The van der Waals surface area contributed by atoms with Crippen LogP contribution >= 0.6 is 0 Å². The second kappa shape index (κ2) is 7.34. The summed E-state index contributed by atoms with van der Waals surface area (Å²) < 4.78 is 18.3. The van der Waals surface area contributed by atoms with Crippen LogP contribution < -0.4 is 15.4 Å². The summed E-state index contributed by atoms with van der Waals surface area (Å²) in [5.74, 6) is -0.0819. The van der Waals surface area contributed by atoms with Crippen molar-refractivity contribution in [3.05, 3.63) is 54.3 Å². The smallest absolute Gasteiger partial charge is 0.265 e. The van der Waals surface area contributed by atoms with E-state index in [0.29, 0.717) is 17.1 Å². The Morgan fingerprint density at radius 3 is 2.12 bits per heavy atom. The van der Waals surface area contributed by atoms with E-state index in [0.717, 1.165) is 12.8 Å². The molecule has 0 spiro atoms. The highest BCUT2D eigenvalue weighted by molar-refractivity contribution is 5.96. The summed E-state index contributed by atoms with van der Waals surface area (Å²) in [6, 6.07) is 12.4. The molecule has 0 radical (unpaired) electrons. The summed E-state index contributed by atoms with van der Waals surface area (Å²) >= 11 is 0. The first-order valence-electron chi connectivity index (χ1n) is 8.15. The second-order valence-corrected chi connectivity index (χ2v) is 6.04. The van der Waals surface area contributed by atoms with Crippen molar-refractivity contribution < 1.29 is 18.7 Å². The number of ether oxygens (including phenoxy) is 1. The number of amides is 2. The van der Waals surface area contributed by atoms with Gasteiger partial charge in [0.2, 0.25) is 5.91 Å². The van der Waals surface area contributed by atoms with Crippen molar-refractivity contribution in [1.82, 2.24) is 0 Å². The Morgan fingerprint density at radius 2 is 1.56 bits per heavy atom. The number of hydrogen-bond acceptors (Lipinski definition) is 3. The third-order valence-electron chi connectivity index (χ3n) is 3.86. The van der Waals surface area contributed by atoms with Gasteiger partial charge in [0, 0.05) is 17.3 Å². The molecule has 1 saturated carbocycles. The number of hydrogen-bond donors (Lipinski definition) is 2. The molecule has 6 heteroatoms. The maximum Gasteiger partial charge on any atom is 0.265 e. The Morgan fingerprint density at radius 1 is 1.00 bits per heavy atom. The monoisotopic (exact) mass is 342 g/mol. The predicted molar refractivity (Wildman–Crippen MR) is 92.9 cm³/mol. The van der Waals surface area contributed by atoms with Crippen LogP contribution in [0.5, 0.6) is 5.75 Å². The average molecular weight is 342 g/mol. The largest absolute Gasteiger partial charge is 0.481 e. The zero-order valence-corrected chi connectivity index (χ0v) is 13.8. The minimum absolute atomic E-state index is 0.0399. The van der Waals surface area contributed by atoms with Crippen molar-refractivity contribution in [2.45, 2.75) is 25.9 Å². The van der Waals surface area contributed by atoms with E-state index in [-0.39, 0.29) is 23.5 Å². The number of halogens is 1. The topological polar surface area (TPSA) is 67.4 Å². The highest BCUT2D eigenvalue weighted by Gasteiger charge is 2.29. The molecule has 1 aliphatic rings. The lowest BCUT2D eigenvalue weighted by molar-refractivity contribution is -0.122. The van der Waals surface area contributed by atoms with E-state index < -0.39 is 6.10 Å². The minimum Gasteiger partial charge on any atom is -0.481 e. The Hall–Kier alpha value is -2.89. The quantitative estimate of drug-likeness (QED) is 0.843. The van der Waals surface area contributed by atoms with E-state index in [1.165, 1.54) is 24.3 Å². The van der Waals surface area contributed by atoms with Crippen molar-refractivity contribution in [3.63, 3.8) is 0 Å². The van der Waals surface area contributed by atoms with Crippen LogP contribution in [-0.2, 0) is 9.59 Å². The molecule has 25 heavy (non-hydrogen) atoms. The van der Waals surface area contributed by atoms with E-state index in [1.54, 1.807) is 31.2 Å². The maximum absolute atomic E-state index is 12.9. The number of anilines is 2. The summed E-state index contributed by atoms with van der Waals surface area (Å²) in [7, 11) is 0. The van der Waals surface area contributed by atoms with E-state index >= 15 is 0 Å². The standard InChI is InChI=1S/C19H19FN2O3/c1-12(25-17-10-4-14(20)5-11-17)18(23)21-15-6-8-16(9-7-15)22-19(24)13-2-3-13/h4-13H,2-3H2,1H3,(H,21,23)(H,22,24)/t12-/m1/s1. The van der Waals surface area contributed by atoms with Gasteiger partial charge in [-0.05, 0) is 68.3 Å². The molecule has 0 bridgehead atoms. The van der Waals surface area contributed by atoms with Crippen LogP contribution in [0.2, 0.25) is 0 Å². The van der Waals surface area contributed by atoms with Crippen LogP contribution in [0.1, 0.15) is 19.8 Å². The van der Waals surface area contributed by atoms with Crippen LogP contribution in [-0.4, -0.2) is 17.9 Å². The maximum atomic E-state index is 12.9. The van der Waals surface area contributed by atoms with Gasteiger partial charge in [0.1, 0.15) is 11.6 Å². The van der Waals surface area contributed by atoms with Crippen LogP contribution in [0.4, 0.5) is 15.8 Å². The van der Waals surface area contributed by atoms with E-state index in [4.69, 9.17) is 4.74 Å². The number of benzene rings is 2. The molecule has 0 heterocycles. The lowest BCUT2D eigenvalue weighted by atomic mass is 10.2. The van der Waals surface area contributed by atoms with Gasteiger partial charge >= 0.3 is 0 Å². The Kier molecular flexibility index (Phi) is 4.97. The molecular weight excluding hydrogens is 323 g/mol. The first kappa shape index (κ1) is 17.0. The van der Waals surface area contributed by atoms with Crippen molar-refractivity contribution in [2.24, 2.45) is 5.92 Å². The number of rotatable bonds is 6. The molecule has 130 valence electrons. The molecule has 2 amide bonds. The first-order chi connectivity index (χ1) is 12.0. The predicted octanol–water partition coefficient (Wildman–Crippen LogP) is 3.58. The van der Waals surface area contributed by atoms with E-state index in [1.807, 2.05) is 0 Å². The number of carbonyl (C=O) groups excluding carboxylic acids is 2. The Labute approximate surface area is 145 Å². The number of nitrogens with one attached hydrogen (secondary N) is 2.